The standard InChI is InChI=1S/C24H24N2O3S/c1-3-29-21-11-10-16(13-22(21)28-2)18(14-26-24(27)23-9-6-12-30-23)19-15-25-20-8-5-4-7-17(19)20/h4-13,15,18,25H,3,14H2,1-2H3,(H,26,27). The van der Waals surface area contributed by atoms with Crippen LogP contribution in [0.15, 0.2) is 66.2 Å². The number of amides is 1. The molecule has 154 valence electrons. The zero-order valence-corrected chi connectivity index (χ0v) is 17.8. The van der Waals surface area contributed by atoms with Gasteiger partial charge < -0.3 is 19.8 Å². The first-order chi connectivity index (χ1) is 14.7. The maximum Gasteiger partial charge on any atom is 0.261 e. The number of hydrogen-bond acceptors (Lipinski definition) is 4. The molecule has 4 rings (SSSR count). The van der Waals surface area contributed by atoms with E-state index in [-0.39, 0.29) is 11.8 Å². The lowest BCUT2D eigenvalue weighted by atomic mass is 9.90. The molecule has 5 nitrogen and oxygen atoms in total. The lowest BCUT2D eigenvalue weighted by molar-refractivity contribution is 0.0956. The van der Waals surface area contributed by atoms with Crippen molar-refractivity contribution in [3.05, 3.63) is 82.2 Å². The number of thiophene rings is 1. The molecule has 2 N–H and O–H groups in total. The van der Waals surface area contributed by atoms with Gasteiger partial charge in [-0.2, -0.15) is 0 Å². The van der Waals surface area contributed by atoms with Crippen LogP contribution >= 0.6 is 11.3 Å². The summed E-state index contributed by atoms with van der Waals surface area (Å²) in [6, 6.07) is 17.9. The Hall–Kier alpha value is -3.25. The van der Waals surface area contributed by atoms with E-state index in [1.807, 2.05) is 61.0 Å². The van der Waals surface area contributed by atoms with Gasteiger partial charge in [0.25, 0.3) is 5.91 Å². The molecule has 1 unspecified atom stereocenters. The van der Waals surface area contributed by atoms with Crippen LogP contribution in [-0.4, -0.2) is 31.2 Å². The van der Waals surface area contributed by atoms with E-state index in [1.165, 1.54) is 11.3 Å². The highest BCUT2D eigenvalue weighted by atomic mass is 32.1. The molecule has 0 aliphatic rings. The van der Waals surface area contributed by atoms with Gasteiger partial charge >= 0.3 is 0 Å². The maximum atomic E-state index is 12.6. The predicted molar refractivity (Wildman–Crippen MR) is 121 cm³/mol. The van der Waals surface area contributed by atoms with Crippen molar-refractivity contribution in [1.82, 2.24) is 10.3 Å². The Labute approximate surface area is 179 Å². The van der Waals surface area contributed by atoms with Gasteiger partial charge in [-0.25, -0.2) is 0 Å². The van der Waals surface area contributed by atoms with Crippen LogP contribution in [0.5, 0.6) is 11.5 Å². The largest absolute Gasteiger partial charge is 0.493 e. The number of aromatic amines is 1. The van der Waals surface area contributed by atoms with Gasteiger partial charge in [-0.15, -0.1) is 11.3 Å². The highest BCUT2D eigenvalue weighted by molar-refractivity contribution is 7.12. The molecule has 4 aromatic rings. The summed E-state index contributed by atoms with van der Waals surface area (Å²) in [5.41, 5.74) is 3.25. The molecule has 0 saturated heterocycles. The van der Waals surface area contributed by atoms with Gasteiger partial charge in [0.1, 0.15) is 0 Å². The van der Waals surface area contributed by atoms with Crippen molar-refractivity contribution in [2.75, 3.05) is 20.3 Å². The SMILES string of the molecule is CCOc1ccc(C(CNC(=O)c2cccs2)c2c[nH]c3ccccc23)cc1OC. The fourth-order valence-corrected chi connectivity index (χ4v) is 4.30. The smallest absolute Gasteiger partial charge is 0.261 e. The molecule has 2 aromatic heterocycles. The van der Waals surface area contributed by atoms with E-state index < -0.39 is 0 Å². The van der Waals surface area contributed by atoms with Crippen LogP contribution in [0.4, 0.5) is 0 Å². The highest BCUT2D eigenvalue weighted by Gasteiger charge is 2.21. The maximum absolute atomic E-state index is 12.6. The average Bonchev–Trinajstić information content (AvgIpc) is 3.45. The molecule has 0 spiro atoms. The Morgan fingerprint density at radius 3 is 2.77 bits per heavy atom. The quantitative estimate of drug-likeness (QED) is 0.412. The van der Waals surface area contributed by atoms with Crippen LogP contribution in [0.2, 0.25) is 0 Å². The van der Waals surface area contributed by atoms with Crippen molar-refractivity contribution in [2.45, 2.75) is 12.8 Å². The van der Waals surface area contributed by atoms with Crippen LogP contribution in [0.3, 0.4) is 0 Å². The summed E-state index contributed by atoms with van der Waals surface area (Å²) in [5.74, 6) is 1.29. The number of aromatic nitrogens is 1. The number of para-hydroxylation sites is 1. The predicted octanol–water partition coefficient (Wildman–Crippen LogP) is 5.20. The van der Waals surface area contributed by atoms with E-state index in [4.69, 9.17) is 9.47 Å². The number of H-pyrrole nitrogens is 1. The number of hydrogen-bond donors (Lipinski definition) is 2. The molecule has 2 aromatic carbocycles. The van der Waals surface area contributed by atoms with Crippen molar-refractivity contribution in [1.29, 1.82) is 0 Å². The molecule has 6 heteroatoms. The number of carbonyl (C=O) groups excluding carboxylic acids is 1. The summed E-state index contributed by atoms with van der Waals surface area (Å²) in [6.07, 6.45) is 2.02. The molecule has 0 saturated carbocycles. The van der Waals surface area contributed by atoms with Crippen molar-refractivity contribution >= 4 is 28.1 Å². The Bertz CT molecular complexity index is 1130. The van der Waals surface area contributed by atoms with Gasteiger partial charge in [0.15, 0.2) is 11.5 Å². The van der Waals surface area contributed by atoms with E-state index in [1.54, 1.807) is 7.11 Å². The van der Waals surface area contributed by atoms with Crippen molar-refractivity contribution in [3.63, 3.8) is 0 Å². The molecule has 2 heterocycles. The normalized spacial score (nSPS) is 11.9. The van der Waals surface area contributed by atoms with Crippen LogP contribution in [0.1, 0.15) is 33.6 Å². The number of nitrogens with one attached hydrogen (secondary N) is 2. The number of carbonyl (C=O) groups is 1. The zero-order chi connectivity index (χ0) is 20.9. The second kappa shape index (κ2) is 9.05. The van der Waals surface area contributed by atoms with Gasteiger partial charge in [0.05, 0.1) is 18.6 Å². The molecule has 0 bridgehead atoms. The summed E-state index contributed by atoms with van der Waals surface area (Å²) in [5, 5.41) is 6.15. The minimum absolute atomic E-state index is 0.0466. The van der Waals surface area contributed by atoms with E-state index in [2.05, 4.69) is 22.4 Å². The molecule has 0 fully saturated rings. The summed E-state index contributed by atoms with van der Waals surface area (Å²) >= 11 is 1.44. The number of methoxy groups -OCH3 is 1. The van der Waals surface area contributed by atoms with Crippen molar-refractivity contribution < 1.29 is 14.3 Å². The molecular formula is C24H24N2O3S. The van der Waals surface area contributed by atoms with Gasteiger partial charge in [-0.3, -0.25) is 4.79 Å². The van der Waals surface area contributed by atoms with Gasteiger partial charge in [0, 0.05) is 29.6 Å². The number of benzene rings is 2. The molecular weight excluding hydrogens is 396 g/mol. The third-order valence-corrected chi connectivity index (χ3v) is 5.97. The molecule has 0 aliphatic carbocycles. The zero-order valence-electron chi connectivity index (χ0n) is 17.0. The average molecular weight is 421 g/mol. The van der Waals surface area contributed by atoms with Gasteiger partial charge in [0.2, 0.25) is 0 Å². The first-order valence-corrected chi connectivity index (χ1v) is 10.8. The van der Waals surface area contributed by atoms with E-state index >= 15 is 0 Å². The summed E-state index contributed by atoms with van der Waals surface area (Å²) in [6.45, 7) is 2.98. The third kappa shape index (κ3) is 4.04. The van der Waals surface area contributed by atoms with Crippen molar-refractivity contribution in [2.24, 2.45) is 0 Å². The van der Waals surface area contributed by atoms with Crippen LogP contribution in [0.25, 0.3) is 10.9 Å². The summed E-state index contributed by atoms with van der Waals surface area (Å²) < 4.78 is 11.2. The number of fused-ring (bicyclic) bond motifs is 1. The van der Waals surface area contributed by atoms with Crippen LogP contribution < -0.4 is 14.8 Å². The molecule has 0 aliphatic heterocycles. The Balaban J connectivity index is 1.71. The Morgan fingerprint density at radius 1 is 1.13 bits per heavy atom. The van der Waals surface area contributed by atoms with Crippen molar-refractivity contribution in [3.8, 4) is 11.5 Å². The first-order valence-electron chi connectivity index (χ1n) is 9.89. The van der Waals surface area contributed by atoms with Gasteiger partial charge in [-0.1, -0.05) is 30.3 Å². The summed E-state index contributed by atoms with van der Waals surface area (Å²) in [4.78, 5) is 16.6. The fourth-order valence-electron chi connectivity index (χ4n) is 3.65. The Morgan fingerprint density at radius 2 is 2.00 bits per heavy atom. The van der Waals surface area contributed by atoms with E-state index in [0.29, 0.717) is 29.5 Å². The minimum atomic E-state index is -0.0623. The molecule has 1 atom stereocenters. The number of ether oxygens (including phenoxy) is 2. The van der Waals surface area contributed by atoms with E-state index in [9.17, 15) is 4.79 Å². The second-order valence-electron chi connectivity index (χ2n) is 6.87. The first kappa shape index (κ1) is 20.0. The third-order valence-electron chi connectivity index (χ3n) is 5.10. The molecule has 0 radical (unpaired) electrons. The van der Waals surface area contributed by atoms with Gasteiger partial charge in [-0.05, 0) is 47.7 Å². The highest BCUT2D eigenvalue weighted by Crippen LogP contribution is 2.36. The topological polar surface area (TPSA) is 63.3 Å². The summed E-state index contributed by atoms with van der Waals surface area (Å²) in [7, 11) is 1.64. The van der Waals surface area contributed by atoms with E-state index in [0.717, 1.165) is 22.0 Å². The molecule has 30 heavy (non-hydrogen) atoms. The second-order valence-corrected chi connectivity index (χ2v) is 7.82. The monoisotopic (exact) mass is 420 g/mol. The fraction of sp³-hybridized carbons (Fsp3) is 0.208. The minimum Gasteiger partial charge on any atom is -0.493 e. The lowest BCUT2D eigenvalue weighted by Gasteiger charge is -2.20. The Kier molecular flexibility index (Phi) is 6.05. The van der Waals surface area contributed by atoms with Crippen LogP contribution in [-0.2, 0) is 0 Å². The molecule has 1 amide bonds. The van der Waals surface area contributed by atoms with Crippen LogP contribution in [0, 0.1) is 0 Å². The number of rotatable bonds is 8. The lowest BCUT2D eigenvalue weighted by Crippen LogP contribution is -2.28.